The van der Waals surface area contributed by atoms with Crippen LogP contribution in [0.3, 0.4) is 0 Å². The summed E-state index contributed by atoms with van der Waals surface area (Å²) in [6, 6.07) is 0. The van der Waals surface area contributed by atoms with Gasteiger partial charge in [0.05, 0.1) is 0 Å². The van der Waals surface area contributed by atoms with Crippen LogP contribution in [0.1, 0.15) is 0 Å². The second kappa shape index (κ2) is 5.36. The monoisotopic (exact) mass is 417 g/mol. The molecule has 0 amide bonds. The fraction of sp³-hybridized carbons (Fsp3) is 0. The van der Waals surface area contributed by atoms with Gasteiger partial charge < -0.3 is 0 Å². The fourth-order valence-corrected chi connectivity index (χ4v) is 9.04. The van der Waals surface area contributed by atoms with Gasteiger partial charge in [-0.3, -0.25) is 0 Å². The molecule has 5 nitrogen and oxygen atoms in total. The van der Waals surface area contributed by atoms with Gasteiger partial charge in [0.1, 0.15) is 0 Å². The van der Waals surface area contributed by atoms with Crippen LogP contribution in [0, 0.1) is 0 Å². The Kier molecular flexibility index (Phi) is 5.00. The Morgan fingerprint density at radius 3 is 1.25 bits per heavy atom. The van der Waals surface area contributed by atoms with Crippen molar-refractivity contribution in [2.24, 2.45) is 18.1 Å². The number of nitrogens with one attached hydrogen (secondary N) is 1. The second-order valence-electron chi connectivity index (χ2n) is 2.87. The third-order valence-corrected chi connectivity index (χ3v) is 10.5. The normalized spacial score (nSPS) is 31.5. The molecule has 0 spiro atoms. The van der Waals surface area contributed by atoms with Crippen LogP contribution in [0.4, 0.5) is 42.0 Å². The van der Waals surface area contributed by atoms with Gasteiger partial charge >= 0.3 is 104 Å². The van der Waals surface area contributed by atoms with E-state index in [1.807, 2.05) is 0 Å². The van der Waals surface area contributed by atoms with Crippen molar-refractivity contribution < 1.29 is 42.0 Å². The Labute approximate surface area is 105 Å². The van der Waals surface area contributed by atoms with Crippen molar-refractivity contribution in [2.75, 3.05) is 0 Å². The summed E-state index contributed by atoms with van der Waals surface area (Å²) in [6.45, 7) is 0. The molecular weight excluding hydrogens is 415 g/mol. The molecule has 0 atom stereocenters. The van der Waals surface area contributed by atoms with Gasteiger partial charge in [-0.15, -0.1) is 0 Å². The average Bonchev–Trinajstić information content (AvgIpc) is 1.84. The minimum absolute atomic E-state index is 0.0909. The van der Waals surface area contributed by atoms with Crippen LogP contribution in [-0.2, 0) is 0 Å². The quantitative estimate of drug-likeness (QED) is 0.312. The molecular formula is H2F10N5P5. The van der Waals surface area contributed by atoms with E-state index in [1.54, 1.807) is 0 Å². The summed E-state index contributed by atoms with van der Waals surface area (Å²) in [4.78, 5) is -0.0909. The van der Waals surface area contributed by atoms with E-state index in [1.165, 1.54) is 18.1 Å². The summed E-state index contributed by atoms with van der Waals surface area (Å²) in [5.74, 6) is 0. The molecule has 0 saturated carbocycles. The molecule has 1 aliphatic rings. The number of rotatable bonds is 0. The van der Waals surface area contributed by atoms with Crippen molar-refractivity contribution in [1.82, 2.24) is 4.86 Å². The van der Waals surface area contributed by atoms with E-state index >= 15 is 0 Å². The first-order valence-electron chi connectivity index (χ1n) is 3.82. The molecule has 122 valence electrons. The minimum atomic E-state index is -7.12. The number of hydrogen-bond donors (Lipinski definition) is 1. The van der Waals surface area contributed by atoms with E-state index in [-0.39, 0.29) is 4.86 Å². The van der Waals surface area contributed by atoms with Crippen molar-refractivity contribution >= 4 is 39.5 Å². The predicted molar refractivity (Wildman–Crippen MR) is 59.9 cm³/mol. The van der Waals surface area contributed by atoms with Gasteiger partial charge in [-0.05, 0) is 0 Å². The molecule has 1 N–H and O–H groups in total. The van der Waals surface area contributed by atoms with E-state index in [4.69, 9.17) is 0 Å². The SMILES string of the molecule is FP1(F)=N[PH](F)(F)N=P(F)(F)N=P(F)(F)NP(F)(F)=N1. The summed E-state index contributed by atoms with van der Waals surface area (Å²) >= 11 is 0. The Morgan fingerprint density at radius 1 is 0.650 bits per heavy atom. The van der Waals surface area contributed by atoms with E-state index < -0.39 is 39.5 Å². The van der Waals surface area contributed by atoms with Crippen LogP contribution in [-0.4, -0.2) is 0 Å². The van der Waals surface area contributed by atoms with E-state index in [9.17, 15) is 42.0 Å². The molecule has 0 aromatic carbocycles. The molecule has 1 aliphatic heterocycles. The zero-order valence-corrected chi connectivity index (χ0v) is 12.9. The first-order valence-corrected chi connectivity index (χ1v) is 11.5. The van der Waals surface area contributed by atoms with Crippen molar-refractivity contribution in [3.8, 4) is 0 Å². The number of halogens is 10. The van der Waals surface area contributed by atoms with Crippen LogP contribution in [0.25, 0.3) is 0 Å². The van der Waals surface area contributed by atoms with Crippen LogP contribution in [0.15, 0.2) is 18.1 Å². The zero-order chi connectivity index (χ0) is 16.0. The van der Waals surface area contributed by atoms with Crippen molar-refractivity contribution in [2.45, 2.75) is 0 Å². The molecule has 0 bridgehead atoms. The zero-order valence-electron chi connectivity index (χ0n) is 8.36. The summed E-state index contributed by atoms with van der Waals surface area (Å²) < 4.78 is 133. The molecule has 0 aliphatic carbocycles. The average molecular weight is 417 g/mol. The van der Waals surface area contributed by atoms with Crippen LogP contribution < -0.4 is 4.86 Å². The Hall–Kier alpha value is 0.610. The van der Waals surface area contributed by atoms with Crippen LogP contribution >= 0.6 is 39.5 Å². The van der Waals surface area contributed by atoms with Crippen LogP contribution in [0.5, 0.6) is 0 Å². The van der Waals surface area contributed by atoms with Crippen molar-refractivity contribution in [1.29, 1.82) is 0 Å². The predicted octanol–water partition coefficient (Wildman–Crippen LogP) is 8.48. The summed E-state index contributed by atoms with van der Waals surface area (Å²) in [5, 5.41) is 0. The fourth-order valence-electron chi connectivity index (χ4n) is 0.805. The van der Waals surface area contributed by atoms with Gasteiger partial charge in [0, 0.05) is 0 Å². The Balaban J connectivity index is 3.74. The van der Waals surface area contributed by atoms with Gasteiger partial charge in [0.25, 0.3) is 0 Å². The third-order valence-electron chi connectivity index (χ3n) is 1.16. The first kappa shape index (κ1) is 18.7. The summed E-state index contributed by atoms with van der Waals surface area (Å²) in [7, 11) is -34.1. The first-order chi connectivity index (χ1) is 8.54. The maximum absolute atomic E-state index is 12.8. The van der Waals surface area contributed by atoms with Gasteiger partial charge in [-0.1, -0.05) is 0 Å². The maximum atomic E-state index is 12.8. The Bertz CT molecular complexity index is 554. The molecule has 0 saturated heterocycles. The number of hydrogen-bond acceptors (Lipinski definition) is 5. The molecule has 0 unspecified atom stereocenters. The van der Waals surface area contributed by atoms with E-state index in [0.29, 0.717) is 0 Å². The topological polar surface area (TPSA) is 61.5 Å². The number of nitrogens with zero attached hydrogens (tertiary/aromatic N) is 4. The molecule has 1 rings (SSSR count). The molecule has 0 radical (unpaired) electrons. The third kappa shape index (κ3) is 6.16. The molecule has 0 aromatic heterocycles. The molecule has 0 fully saturated rings. The van der Waals surface area contributed by atoms with Crippen LogP contribution in [0.2, 0.25) is 0 Å². The summed E-state index contributed by atoms with van der Waals surface area (Å²) in [6.07, 6.45) is 0. The Morgan fingerprint density at radius 2 is 0.950 bits per heavy atom. The standard InChI is InChI=1S/F10H2N5P5/c1-16(2)11-17(3,4)13-19(7,8)15-20(9,10)14-18(5,6)12-16/h11,20H. The van der Waals surface area contributed by atoms with Gasteiger partial charge in [0.2, 0.25) is 0 Å². The van der Waals surface area contributed by atoms with E-state index in [2.05, 4.69) is 0 Å². The molecule has 20 heteroatoms. The van der Waals surface area contributed by atoms with Crippen molar-refractivity contribution in [3.63, 3.8) is 0 Å². The summed E-state index contributed by atoms with van der Waals surface area (Å²) in [5.41, 5.74) is 0. The molecule has 0 aromatic rings. The van der Waals surface area contributed by atoms with Gasteiger partial charge in [-0.25, -0.2) is 0 Å². The van der Waals surface area contributed by atoms with E-state index in [0.717, 1.165) is 0 Å². The molecule has 20 heavy (non-hydrogen) atoms. The second-order valence-corrected chi connectivity index (χ2v) is 11.5. The van der Waals surface area contributed by atoms with Gasteiger partial charge in [-0.2, -0.15) is 0 Å². The molecule has 1 heterocycles. The van der Waals surface area contributed by atoms with Gasteiger partial charge in [0.15, 0.2) is 0 Å². The van der Waals surface area contributed by atoms with Crippen molar-refractivity contribution in [3.05, 3.63) is 0 Å².